The Bertz CT molecular complexity index is 748. The zero-order valence-corrected chi connectivity index (χ0v) is 11.3. The molecule has 0 aliphatic carbocycles. The van der Waals surface area contributed by atoms with Gasteiger partial charge in [-0.2, -0.15) is 0 Å². The number of benzene rings is 2. The number of nitrogens with zero attached hydrogens (tertiary/aromatic N) is 1. The summed E-state index contributed by atoms with van der Waals surface area (Å²) in [5.41, 5.74) is 4.02. The molecule has 2 N–H and O–H groups in total. The van der Waals surface area contributed by atoms with E-state index in [0.717, 1.165) is 27.7 Å². The topological polar surface area (TPSA) is 45.1 Å². The minimum Gasteiger partial charge on any atom is -0.508 e. The SMILES string of the molecule is Cc1ccc(O)c(CNc2cccc3ncccc23)c1. The van der Waals surface area contributed by atoms with Crippen LogP contribution in [0.15, 0.2) is 54.7 Å². The van der Waals surface area contributed by atoms with Gasteiger partial charge in [-0.05, 0) is 37.3 Å². The minimum absolute atomic E-state index is 0.321. The van der Waals surface area contributed by atoms with E-state index >= 15 is 0 Å². The predicted molar refractivity (Wildman–Crippen MR) is 81.9 cm³/mol. The van der Waals surface area contributed by atoms with Crippen molar-refractivity contribution in [3.05, 3.63) is 65.9 Å². The second-order valence-corrected chi connectivity index (χ2v) is 4.86. The summed E-state index contributed by atoms with van der Waals surface area (Å²) >= 11 is 0. The maximum atomic E-state index is 9.87. The van der Waals surface area contributed by atoms with Gasteiger partial charge in [-0.3, -0.25) is 4.98 Å². The summed E-state index contributed by atoms with van der Waals surface area (Å²) < 4.78 is 0. The normalized spacial score (nSPS) is 10.7. The summed E-state index contributed by atoms with van der Waals surface area (Å²) in [6.07, 6.45) is 1.79. The Kier molecular flexibility index (Phi) is 3.25. The monoisotopic (exact) mass is 264 g/mol. The Morgan fingerprint density at radius 2 is 2.00 bits per heavy atom. The number of phenols is 1. The third-order valence-corrected chi connectivity index (χ3v) is 3.35. The number of hydrogen-bond acceptors (Lipinski definition) is 3. The van der Waals surface area contributed by atoms with Gasteiger partial charge in [0.25, 0.3) is 0 Å². The van der Waals surface area contributed by atoms with E-state index in [-0.39, 0.29) is 0 Å². The molecule has 0 aliphatic rings. The average Bonchev–Trinajstić information content (AvgIpc) is 2.48. The van der Waals surface area contributed by atoms with Crippen molar-refractivity contribution in [3.63, 3.8) is 0 Å². The van der Waals surface area contributed by atoms with E-state index in [1.54, 1.807) is 12.3 Å². The molecule has 0 saturated carbocycles. The maximum absolute atomic E-state index is 9.87. The molecular weight excluding hydrogens is 248 g/mol. The predicted octanol–water partition coefficient (Wildman–Crippen LogP) is 3.86. The third kappa shape index (κ3) is 2.43. The average molecular weight is 264 g/mol. The molecule has 3 aromatic rings. The lowest BCUT2D eigenvalue weighted by Crippen LogP contribution is -2.00. The van der Waals surface area contributed by atoms with Crippen LogP contribution in [0.5, 0.6) is 5.75 Å². The first-order valence-corrected chi connectivity index (χ1v) is 6.60. The summed E-state index contributed by atoms with van der Waals surface area (Å²) in [4.78, 5) is 4.34. The summed E-state index contributed by atoms with van der Waals surface area (Å²) in [7, 11) is 0. The molecular formula is C17H16N2O. The fourth-order valence-corrected chi connectivity index (χ4v) is 2.30. The van der Waals surface area contributed by atoms with Gasteiger partial charge >= 0.3 is 0 Å². The van der Waals surface area contributed by atoms with Gasteiger partial charge in [-0.25, -0.2) is 0 Å². The highest BCUT2D eigenvalue weighted by molar-refractivity contribution is 5.91. The molecule has 0 amide bonds. The number of nitrogens with one attached hydrogen (secondary N) is 1. The van der Waals surface area contributed by atoms with E-state index in [9.17, 15) is 5.11 Å². The first kappa shape index (κ1) is 12.5. The van der Waals surface area contributed by atoms with Crippen molar-refractivity contribution < 1.29 is 5.11 Å². The van der Waals surface area contributed by atoms with E-state index in [1.165, 1.54) is 0 Å². The number of pyridine rings is 1. The quantitative estimate of drug-likeness (QED) is 0.755. The molecule has 0 bridgehead atoms. The lowest BCUT2D eigenvalue weighted by molar-refractivity contribution is 0.469. The van der Waals surface area contributed by atoms with Crippen LogP contribution in [-0.2, 0) is 6.54 Å². The Morgan fingerprint density at radius 3 is 2.90 bits per heavy atom. The summed E-state index contributed by atoms with van der Waals surface area (Å²) in [6, 6.07) is 15.6. The molecule has 0 saturated heterocycles. The molecule has 0 spiro atoms. The highest BCUT2D eigenvalue weighted by Crippen LogP contribution is 2.24. The molecule has 0 atom stereocenters. The molecule has 20 heavy (non-hydrogen) atoms. The van der Waals surface area contributed by atoms with E-state index < -0.39 is 0 Å². The van der Waals surface area contributed by atoms with Crippen molar-refractivity contribution in [2.45, 2.75) is 13.5 Å². The van der Waals surface area contributed by atoms with Crippen LogP contribution >= 0.6 is 0 Å². The molecule has 3 rings (SSSR count). The van der Waals surface area contributed by atoms with Crippen molar-refractivity contribution in [2.75, 3.05) is 5.32 Å². The van der Waals surface area contributed by atoms with Crippen molar-refractivity contribution in [1.29, 1.82) is 0 Å². The van der Waals surface area contributed by atoms with E-state index in [1.807, 2.05) is 49.4 Å². The zero-order valence-electron chi connectivity index (χ0n) is 11.3. The number of fused-ring (bicyclic) bond motifs is 1. The molecule has 2 aromatic carbocycles. The van der Waals surface area contributed by atoms with Gasteiger partial charge in [0.05, 0.1) is 5.52 Å². The molecule has 0 radical (unpaired) electrons. The first-order chi connectivity index (χ1) is 9.74. The standard InChI is InChI=1S/C17H16N2O/c1-12-7-8-17(20)13(10-12)11-19-16-6-2-5-15-14(16)4-3-9-18-15/h2-10,19-20H,11H2,1H3. The number of phenolic OH excluding ortho intramolecular Hbond substituents is 1. The third-order valence-electron chi connectivity index (χ3n) is 3.35. The van der Waals surface area contributed by atoms with Gasteiger partial charge < -0.3 is 10.4 Å². The van der Waals surface area contributed by atoms with Gasteiger partial charge in [-0.1, -0.05) is 23.8 Å². The molecule has 3 heteroatoms. The van der Waals surface area contributed by atoms with E-state index in [4.69, 9.17) is 0 Å². The first-order valence-electron chi connectivity index (χ1n) is 6.60. The molecule has 1 heterocycles. The van der Waals surface area contributed by atoms with Crippen molar-refractivity contribution in [1.82, 2.24) is 4.98 Å². The van der Waals surface area contributed by atoms with Crippen molar-refractivity contribution in [3.8, 4) is 5.75 Å². The highest BCUT2D eigenvalue weighted by atomic mass is 16.3. The smallest absolute Gasteiger partial charge is 0.120 e. The summed E-state index contributed by atoms with van der Waals surface area (Å²) in [5, 5.41) is 14.3. The Hall–Kier alpha value is -2.55. The number of aromatic hydroxyl groups is 1. The van der Waals surface area contributed by atoms with Crippen LogP contribution in [0.2, 0.25) is 0 Å². The second-order valence-electron chi connectivity index (χ2n) is 4.86. The van der Waals surface area contributed by atoms with Gasteiger partial charge in [0, 0.05) is 29.4 Å². The van der Waals surface area contributed by atoms with E-state index in [0.29, 0.717) is 12.3 Å². The Morgan fingerprint density at radius 1 is 1.10 bits per heavy atom. The molecule has 0 unspecified atom stereocenters. The van der Waals surface area contributed by atoms with Crippen molar-refractivity contribution >= 4 is 16.6 Å². The minimum atomic E-state index is 0.321. The van der Waals surface area contributed by atoms with Crippen LogP contribution in [0.3, 0.4) is 0 Å². The van der Waals surface area contributed by atoms with Crippen LogP contribution in [0.25, 0.3) is 10.9 Å². The highest BCUT2D eigenvalue weighted by Gasteiger charge is 2.04. The molecule has 0 fully saturated rings. The molecule has 0 aliphatic heterocycles. The lowest BCUT2D eigenvalue weighted by Gasteiger charge is -2.11. The number of hydrogen-bond donors (Lipinski definition) is 2. The van der Waals surface area contributed by atoms with Gasteiger partial charge in [0.2, 0.25) is 0 Å². The number of anilines is 1. The van der Waals surface area contributed by atoms with E-state index in [2.05, 4.69) is 10.3 Å². The largest absolute Gasteiger partial charge is 0.508 e. The van der Waals surface area contributed by atoms with Crippen LogP contribution < -0.4 is 5.32 Å². The summed E-state index contributed by atoms with van der Waals surface area (Å²) in [6.45, 7) is 2.60. The molecule has 3 nitrogen and oxygen atoms in total. The number of rotatable bonds is 3. The van der Waals surface area contributed by atoms with Crippen LogP contribution in [-0.4, -0.2) is 10.1 Å². The van der Waals surface area contributed by atoms with Crippen LogP contribution in [0.4, 0.5) is 5.69 Å². The lowest BCUT2D eigenvalue weighted by atomic mass is 10.1. The number of aryl methyl sites for hydroxylation is 1. The Balaban J connectivity index is 1.89. The second kappa shape index (κ2) is 5.21. The number of aromatic nitrogens is 1. The Labute approximate surface area is 117 Å². The van der Waals surface area contributed by atoms with Gasteiger partial charge in [0.15, 0.2) is 0 Å². The maximum Gasteiger partial charge on any atom is 0.120 e. The molecule has 100 valence electrons. The van der Waals surface area contributed by atoms with Gasteiger partial charge in [-0.15, -0.1) is 0 Å². The zero-order chi connectivity index (χ0) is 13.9. The van der Waals surface area contributed by atoms with Crippen LogP contribution in [0.1, 0.15) is 11.1 Å². The molecule has 1 aromatic heterocycles. The fourth-order valence-electron chi connectivity index (χ4n) is 2.30. The van der Waals surface area contributed by atoms with Gasteiger partial charge in [0.1, 0.15) is 5.75 Å². The van der Waals surface area contributed by atoms with Crippen LogP contribution in [0, 0.1) is 6.92 Å². The summed E-state index contributed by atoms with van der Waals surface area (Å²) in [5.74, 6) is 0.321. The van der Waals surface area contributed by atoms with Crippen molar-refractivity contribution in [2.24, 2.45) is 0 Å². The fraction of sp³-hybridized carbons (Fsp3) is 0.118.